The molecule has 1 atom stereocenters. The predicted octanol–water partition coefficient (Wildman–Crippen LogP) is 2.52. The van der Waals surface area contributed by atoms with Crippen LogP contribution >= 0.6 is 12.2 Å². The molecule has 1 heterocycles. The van der Waals surface area contributed by atoms with Crippen molar-refractivity contribution in [1.29, 1.82) is 0 Å². The molecule has 0 aliphatic carbocycles. The van der Waals surface area contributed by atoms with Gasteiger partial charge in [0.2, 0.25) is 0 Å². The van der Waals surface area contributed by atoms with E-state index in [9.17, 15) is 8.78 Å². The lowest BCUT2D eigenvalue weighted by molar-refractivity contribution is 0.475. The van der Waals surface area contributed by atoms with E-state index in [-0.39, 0.29) is 12.0 Å². The summed E-state index contributed by atoms with van der Waals surface area (Å²) in [5.41, 5.74) is 5.83. The van der Waals surface area contributed by atoms with Crippen LogP contribution in [-0.4, -0.2) is 9.55 Å². The molecule has 0 saturated heterocycles. The minimum atomic E-state index is -0.597. The topological polar surface area (TPSA) is 46.7 Å². The first-order valence-electron chi connectivity index (χ1n) is 5.03. The Balaban J connectivity index is 2.28. The number of rotatable bonds is 3. The van der Waals surface area contributed by atoms with Crippen LogP contribution in [0.3, 0.4) is 0 Å². The van der Waals surface area contributed by atoms with Gasteiger partial charge < -0.3 is 15.3 Å². The van der Waals surface area contributed by atoms with Gasteiger partial charge in [0.1, 0.15) is 11.6 Å². The number of aromatic nitrogens is 2. The lowest BCUT2D eigenvalue weighted by atomic mass is 10.1. The van der Waals surface area contributed by atoms with E-state index in [1.165, 1.54) is 18.2 Å². The molecule has 6 heteroatoms. The van der Waals surface area contributed by atoms with Crippen molar-refractivity contribution in [3.8, 4) is 0 Å². The van der Waals surface area contributed by atoms with Crippen molar-refractivity contribution in [2.24, 2.45) is 5.73 Å². The molecule has 17 heavy (non-hydrogen) atoms. The lowest BCUT2D eigenvalue weighted by Gasteiger charge is -2.14. The standard InChI is InChI=1S/C11H11F2N3S/c12-8-2-1-3-9(13)7(8)6-10(14)16-5-4-15-11(16)17/h1-5,10H,6,14H2,(H,15,17). The molecule has 3 N–H and O–H groups in total. The molecule has 90 valence electrons. The van der Waals surface area contributed by atoms with Crippen LogP contribution in [-0.2, 0) is 6.42 Å². The molecule has 0 aliphatic rings. The second-order valence-electron chi connectivity index (χ2n) is 3.64. The van der Waals surface area contributed by atoms with E-state index >= 15 is 0 Å². The minimum absolute atomic E-state index is 0.0249. The highest BCUT2D eigenvalue weighted by Gasteiger charge is 2.14. The Morgan fingerprint density at radius 2 is 2.00 bits per heavy atom. The molecule has 3 nitrogen and oxygen atoms in total. The summed E-state index contributed by atoms with van der Waals surface area (Å²) in [5, 5.41) is 0. The van der Waals surface area contributed by atoms with Gasteiger partial charge in [0.25, 0.3) is 0 Å². The normalized spacial score (nSPS) is 12.6. The highest BCUT2D eigenvalue weighted by atomic mass is 32.1. The van der Waals surface area contributed by atoms with Gasteiger partial charge in [0.15, 0.2) is 4.77 Å². The number of nitrogens with one attached hydrogen (secondary N) is 1. The largest absolute Gasteiger partial charge is 0.337 e. The summed E-state index contributed by atoms with van der Waals surface area (Å²) >= 11 is 4.98. The van der Waals surface area contributed by atoms with E-state index in [4.69, 9.17) is 18.0 Å². The average molecular weight is 255 g/mol. The van der Waals surface area contributed by atoms with Crippen LogP contribution in [0.25, 0.3) is 0 Å². The zero-order chi connectivity index (χ0) is 12.4. The molecule has 0 aliphatic heterocycles. The summed E-state index contributed by atoms with van der Waals surface area (Å²) < 4.78 is 28.8. The van der Waals surface area contributed by atoms with E-state index in [0.29, 0.717) is 4.77 Å². The van der Waals surface area contributed by atoms with Gasteiger partial charge in [-0.25, -0.2) is 8.78 Å². The number of H-pyrrole nitrogens is 1. The fraction of sp³-hybridized carbons (Fsp3) is 0.182. The molecule has 1 unspecified atom stereocenters. The highest BCUT2D eigenvalue weighted by Crippen LogP contribution is 2.17. The summed E-state index contributed by atoms with van der Waals surface area (Å²) in [7, 11) is 0. The zero-order valence-corrected chi connectivity index (χ0v) is 9.68. The summed E-state index contributed by atoms with van der Waals surface area (Å²) in [4.78, 5) is 2.77. The first-order chi connectivity index (χ1) is 8.09. The second-order valence-corrected chi connectivity index (χ2v) is 4.03. The van der Waals surface area contributed by atoms with Crippen molar-refractivity contribution in [2.45, 2.75) is 12.6 Å². The van der Waals surface area contributed by atoms with Crippen LogP contribution in [0.15, 0.2) is 30.6 Å². The van der Waals surface area contributed by atoms with Gasteiger partial charge in [-0.3, -0.25) is 0 Å². The van der Waals surface area contributed by atoms with Crippen molar-refractivity contribution >= 4 is 12.2 Å². The van der Waals surface area contributed by atoms with Crippen LogP contribution in [0.1, 0.15) is 11.7 Å². The Kier molecular flexibility index (Phi) is 3.35. The molecule has 0 spiro atoms. The number of aromatic amines is 1. The third kappa shape index (κ3) is 2.42. The van der Waals surface area contributed by atoms with Crippen molar-refractivity contribution < 1.29 is 8.78 Å². The SMILES string of the molecule is NC(Cc1c(F)cccc1F)n1cc[nH]c1=S. The zero-order valence-electron chi connectivity index (χ0n) is 8.86. The van der Waals surface area contributed by atoms with Crippen molar-refractivity contribution in [1.82, 2.24) is 9.55 Å². The predicted molar refractivity (Wildman–Crippen MR) is 62.9 cm³/mol. The molecular formula is C11H11F2N3S. The van der Waals surface area contributed by atoms with Crippen molar-refractivity contribution in [3.63, 3.8) is 0 Å². The fourth-order valence-corrected chi connectivity index (χ4v) is 1.89. The Labute approximate surface area is 102 Å². The number of benzene rings is 1. The van der Waals surface area contributed by atoms with E-state index in [1.807, 2.05) is 0 Å². The van der Waals surface area contributed by atoms with Crippen LogP contribution < -0.4 is 5.73 Å². The van der Waals surface area contributed by atoms with E-state index < -0.39 is 17.8 Å². The molecule has 1 aromatic carbocycles. The van der Waals surface area contributed by atoms with Crippen molar-refractivity contribution in [3.05, 3.63) is 52.6 Å². The smallest absolute Gasteiger partial charge is 0.178 e. The maximum atomic E-state index is 13.4. The van der Waals surface area contributed by atoms with Crippen molar-refractivity contribution in [2.75, 3.05) is 0 Å². The van der Waals surface area contributed by atoms with Crippen LogP contribution in [0.5, 0.6) is 0 Å². The van der Waals surface area contributed by atoms with Gasteiger partial charge in [0, 0.05) is 24.4 Å². The molecule has 2 rings (SSSR count). The Morgan fingerprint density at radius 3 is 2.53 bits per heavy atom. The molecule has 0 radical (unpaired) electrons. The van der Waals surface area contributed by atoms with Gasteiger partial charge in [-0.2, -0.15) is 0 Å². The van der Waals surface area contributed by atoms with E-state index in [0.717, 1.165) is 0 Å². The number of nitrogens with two attached hydrogens (primary N) is 1. The highest BCUT2D eigenvalue weighted by molar-refractivity contribution is 7.71. The Bertz CT molecular complexity index is 556. The van der Waals surface area contributed by atoms with Gasteiger partial charge in [-0.05, 0) is 24.4 Å². The molecule has 0 saturated carbocycles. The Hall–Kier alpha value is -1.53. The molecule has 0 amide bonds. The van der Waals surface area contributed by atoms with Crippen LogP contribution in [0.2, 0.25) is 0 Å². The maximum Gasteiger partial charge on any atom is 0.178 e. The van der Waals surface area contributed by atoms with E-state index in [2.05, 4.69) is 4.98 Å². The number of halogens is 2. The van der Waals surface area contributed by atoms with Crippen LogP contribution in [0, 0.1) is 16.4 Å². The molecule has 2 aromatic rings. The van der Waals surface area contributed by atoms with Gasteiger partial charge in [0.05, 0.1) is 6.17 Å². The third-order valence-electron chi connectivity index (χ3n) is 2.51. The first kappa shape index (κ1) is 11.9. The summed E-state index contributed by atoms with van der Waals surface area (Å²) in [6.45, 7) is 0. The fourth-order valence-electron chi connectivity index (χ4n) is 1.63. The van der Waals surface area contributed by atoms with Gasteiger partial charge >= 0.3 is 0 Å². The number of hydrogen-bond donors (Lipinski definition) is 2. The maximum absolute atomic E-state index is 13.4. The summed E-state index contributed by atoms with van der Waals surface area (Å²) in [6.07, 6.45) is 2.72. The average Bonchev–Trinajstić information content (AvgIpc) is 2.70. The summed E-state index contributed by atoms with van der Waals surface area (Å²) in [5.74, 6) is -1.19. The molecular weight excluding hydrogens is 244 g/mol. The first-order valence-corrected chi connectivity index (χ1v) is 5.44. The van der Waals surface area contributed by atoms with Crippen LogP contribution in [0.4, 0.5) is 8.78 Å². The second kappa shape index (κ2) is 4.77. The minimum Gasteiger partial charge on any atom is -0.337 e. The van der Waals surface area contributed by atoms with E-state index in [1.54, 1.807) is 17.0 Å². The monoisotopic (exact) mass is 255 g/mol. The molecule has 0 bridgehead atoms. The number of nitrogens with zero attached hydrogens (tertiary/aromatic N) is 1. The number of imidazole rings is 1. The summed E-state index contributed by atoms with van der Waals surface area (Å²) in [6, 6.07) is 3.74. The van der Waals surface area contributed by atoms with Gasteiger partial charge in [-0.15, -0.1) is 0 Å². The Morgan fingerprint density at radius 1 is 1.35 bits per heavy atom. The third-order valence-corrected chi connectivity index (χ3v) is 2.84. The lowest BCUT2D eigenvalue weighted by Crippen LogP contribution is -2.21. The quantitative estimate of drug-likeness (QED) is 0.828. The molecule has 0 fully saturated rings. The number of hydrogen-bond acceptors (Lipinski definition) is 2. The molecule has 1 aromatic heterocycles. The van der Waals surface area contributed by atoms with Gasteiger partial charge in [-0.1, -0.05) is 6.07 Å².